The van der Waals surface area contributed by atoms with Crippen molar-refractivity contribution < 1.29 is 14.1 Å². The van der Waals surface area contributed by atoms with Crippen LogP contribution in [0.4, 0.5) is 0 Å². The first-order valence-electron chi connectivity index (χ1n) is 16.6. The van der Waals surface area contributed by atoms with Crippen LogP contribution in [0.5, 0.6) is 0 Å². The molecule has 5 aliphatic rings. The summed E-state index contributed by atoms with van der Waals surface area (Å²) >= 11 is 0. The van der Waals surface area contributed by atoms with Crippen LogP contribution in [-0.2, 0) is 10.8 Å². The van der Waals surface area contributed by atoms with Gasteiger partial charge < -0.3 is 14.1 Å². The molecule has 0 bridgehead atoms. The maximum absolute atomic E-state index is 10.8. The van der Waals surface area contributed by atoms with E-state index in [1.807, 2.05) is 0 Å². The third-order valence-corrected chi connectivity index (χ3v) is 13.8. The van der Waals surface area contributed by atoms with Crippen LogP contribution in [0.25, 0.3) is 0 Å². The van der Waals surface area contributed by atoms with Gasteiger partial charge in [0.2, 0.25) is 5.89 Å². The first-order valence-corrected chi connectivity index (χ1v) is 20.0. The molecule has 1 aromatic rings. The Kier molecular flexibility index (Phi) is 7.44. The van der Waals surface area contributed by atoms with E-state index in [4.69, 9.17) is 13.9 Å². The topological polar surface area (TPSA) is 68.4 Å². The molecule has 5 nitrogen and oxygen atoms in total. The summed E-state index contributed by atoms with van der Waals surface area (Å²) < 4.78 is 12.9. The van der Waals surface area contributed by atoms with Crippen LogP contribution in [0.2, 0.25) is 19.6 Å². The number of nitrogens with zero attached hydrogens (tertiary/aromatic N) is 2. The van der Waals surface area contributed by atoms with E-state index in [0.29, 0.717) is 46.5 Å². The molecule has 0 aliphatic heterocycles. The Balaban J connectivity index is 1.25. The molecule has 220 valence electrons. The summed E-state index contributed by atoms with van der Waals surface area (Å²) in [4.78, 5) is 4.73. The summed E-state index contributed by atoms with van der Waals surface area (Å²) in [6.07, 6.45) is 14.6. The second kappa shape index (κ2) is 10.2. The molecule has 0 spiro atoms. The van der Waals surface area contributed by atoms with Crippen molar-refractivity contribution in [1.82, 2.24) is 10.1 Å². The highest BCUT2D eigenvalue weighted by Gasteiger charge is 2.65. The molecule has 0 saturated heterocycles. The van der Waals surface area contributed by atoms with Gasteiger partial charge in [0, 0.05) is 12.3 Å². The van der Waals surface area contributed by atoms with E-state index in [1.165, 1.54) is 51.4 Å². The summed E-state index contributed by atoms with van der Waals surface area (Å²) in [5, 5.41) is 15.1. The van der Waals surface area contributed by atoms with E-state index in [0.717, 1.165) is 55.2 Å². The molecule has 0 radical (unpaired) electrons. The number of fused-ring (bicyclic) bond motifs is 5. The fourth-order valence-corrected chi connectivity index (χ4v) is 12.0. The molecule has 6 heteroatoms. The summed E-state index contributed by atoms with van der Waals surface area (Å²) in [6.45, 7) is 17.4. The lowest BCUT2D eigenvalue weighted by atomic mass is 9.41. The first kappa shape index (κ1) is 28.4. The van der Waals surface area contributed by atoms with Crippen molar-refractivity contribution >= 4 is 8.32 Å². The van der Waals surface area contributed by atoms with Crippen molar-refractivity contribution in [2.24, 2.45) is 52.3 Å². The van der Waals surface area contributed by atoms with Crippen molar-refractivity contribution in [2.75, 3.05) is 0 Å². The van der Waals surface area contributed by atoms with Crippen LogP contribution in [0.3, 0.4) is 0 Å². The van der Waals surface area contributed by atoms with Crippen LogP contribution in [-0.4, -0.2) is 35.8 Å². The van der Waals surface area contributed by atoms with E-state index >= 15 is 0 Å². The Morgan fingerprint density at radius 1 is 1.00 bits per heavy atom. The van der Waals surface area contributed by atoms with E-state index in [-0.39, 0.29) is 6.10 Å². The summed E-state index contributed by atoms with van der Waals surface area (Å²) in [6, 6.07) is 0. The first-order chi connectivity index (χ1) is 18.4. The minimum absolute atomic E-state index is 0.119. The largest absolute Gasteiger partial charge is 0.414 e. The number of aliphatic hydroxyl groups is 1. The fourth-order valence-electron chi connectivity index (χ4n) is 10.9. The van der Waals surface area contributed by atoms with E-state index in [2.05, 4.69) is 52.5 Å². The van der Waals surface area contributed by atoms with E-state index in [9.17, 15) is 5.11 Å². The normalized spacial score (nSPS) is 44.9. The van der Waals surface area contributed by atoms with Gasteiger partial charge in [-0.05, 0) is 136 Å². The zero-order chi connectivity index (χ0) is 27.7. The van der Waals surface area contributed by atoms with Crippen molar-refractivity contribution in [2.45, 2.75) is 143 Å². The third-order valence-electron chi connectivity index (χ3n) is 12.8. The van der Waals surface area contributed by atoms with Crippen molar-refractivity contribution in [3.63, 3.8) is 0 Å². The van der Waals surface area contributed by atoms with Gasteiger partial charge in [-0.3, -0.25) is 0 Å². The number of aromatic nitrogens is 2. The monoisotopic (exact) mass is 556 g/mol. The highest BCUT2D eigenvalue weighted by atomic mass is 28.4. The smallest absolute Gasteiger partial charge is 0.226 e. The van der Waals surface area contributed by atoms with Crippen LogP contribution in [0.1, 0.15) is 116 Å². The molecule has 0 aromatic carbocycles. The predicted molar refractivity (Wildman–Crippen MR) is 158 cm³/mol. The van der Waals surface area contributed by atoms with Gasteiger partial charge >= 0.3 is 0 Å². The average Bonchev–Trinajstić information content (AvgIpc) is 3.50. The fraction of sp³-hybridized carbons (Fsp3) is 0.939. The van der Waals surface area contributed by atoms with Crippen molar-refractivity contribution in [1.29, 1.82) is 0 Å². The van der Waals surface area contributed by atoms with Crippen molar-refractivity contribution in [3.8, 4) is 0 Å². The lowest BCUT2D eigenvalue weighted by Crippen LogP contribution is -2.63. The highest BCUT2D eigenvalue weighted by molar-refractivity contribution is 6.69. The zero-order valence-corrected chi connectivity index (χ0v) is 26.9. The molecule has 0 amide bonds. The van der Waals surface area contributed by atoms with Gasteiger partial charge in [0.05, 0.1) is 12.2 Å². The lowest BCUT2D eigenvalue weighted by Gasteiger charge is -2.66. The SMILES string of the molecule is CC[C@@H]1C2C[C@H](O)CCC2(C)[C@H]2CCC3(C)C([C@H](C)CCc4nc(C5CC5)no4)CC[C@H]3[C@@H]2[C@@H]1O[Si](C)(C)C. The molecule has 1 aromatic heterocycles. The summed E-state index contributed by atoms with van der Waals surface area (Å²) in [5.41, 5.74) is 0.747. The van der Waals surface area contributed by atoms with Crippen LogP contribution < -0.4 is 0 Å². The number of rotatable bonds is 8. The van der Waals surface area contributed by atoms with E-state index in [1.54, 1.807) is 0 Å². The molecular weight excluding hydrogens is 500 g/mol. The molecule has 11 atom stereocenters. The Bertz CT molecular complexity index is 1020. The number of hydrogen-bond donors (Lipinski definition) is 1. The average molecular weight is 557 g/mol. The minimum Gasteiger partial charge on any atom is -0.414 e. The Labute approximate surface area is 238 Å². The Morgan fingerprint density at radius 2 is 1.72 bits per heavy atom. The molecule has 4 unspecified atom stereocenters. The molecule has 1 heterocycles. The quantitative estimate of drug-likeness (QED) is 0.329. The molecular formula is C33H56N2O3Si. The molecule has 5 saturated carbocycles. The third kappa shape index (κ3) is 5.00. The molecule has 6 rings (SSSR count). The van der Waals surface area contributed by atoms with Crippen LogP contribution >= 0.6 is 0 Å². The molecule has 39 heavy (non-hydrogen) atoms. The number of aliphatic hydroxyl groups excluding tert-OH is 1. The minimum atomic E-state index is -1.72. The predicted octanol–water partition coefficient (Wildman–Crippen LogP) is 8.00. The molecule has 1 N–H and O–H groups in total. The number of hydrogen-bond acceptors (Lipinski definition) is 5. The second-order valence-electron chi connectivity index (χ2n) is 16.2. The lowest BCUT2D eigenvalue weighted by molar-refractivity contribution is -0.198. The Morgan fingerprint density at radius 3 is 2.41 bits per heavy atom. The molecule has 5 aliphatic carbocycles. The van der Waals surface area contributed by atoms with Gasteiger partial charge in [0.15, 0.2) is 14.1 Å². The van der Waals surface area contributed by atoms with Gasteiger partial charge in [0.25, 0.3) is 0 Å². The molecule has 5 fully saturated rings. The summed E-state index contributed by atoms with van der Waals surface area (Å²) in [5.74, 6) is 7.15. The second-order valence-corrected chi connectivity index (χ2v) is 20.6. The van der Waals surface area contributed by atoms with Gasteiger partial charge in [-0.15, -0.1) is 0 Å². The summed E-state index contributed by atoms with van der Waals surface area (Å²) in [7, 11) is -1.72. The van der Waals surface area contributed by atoms with Crippen LogP contribution in [0, 0.1) is 52.3 Å². The standard InChI is InChI=1S/C33H56N2O3Si/c1-8-23-27-19-22(36)15-17-33(27,4)26-16-18-32(3)24(12-13-25(32)29(26)30(23)38-39(5,6)7)20(2)9-14-28-34-31(35-37-28)21-10-11-21/h20-27,29-30,36H,8-19H2,1-7H3/t20-,22-,23-,24?,25+,26+,27?,29+,30-,32?,33?/m1/s1. The van der Waals surface area contributed by atoms with Gasteiger partial charge in [-0.2, -0.15) is 4.98 Å². The Hall–Kier alpha value is -0.723. The number of aryl methyl sites for hydroxylation is 1. The maximum Gasteiger partial charge on any atom is 0.226 e. The van der Waals surface area contributed by atoms with Gasteiger partial charge in [-0.25, -0.2) is 0 Å². The zero-order valence-electron chi connectivity index (χ0n) is 25.9. The van der Waals surface area contributed by atoms with Gasteiger partial charge in [-0.1, -0.05) is 39.3 Å². The van der Waals surface area contributed by atoms with Crippen LogP contribution in [0.15, 0.2) is 4.52 Å². The van der Waals surface area contributed by atoms with Crippen molar-refractivity contribution in [3.05, 3.63) is 11.7 Å². The van der Waals surface area contributed by atoms with Gasteiger partial charge in [0.1, 0.15) is 0 Å². The van der Waals surface area contributed by atoms with E-state index < -0.39 is 8.32 Å². The highest BCUT2D eigenvalue weighted by Crippen LogP contribution is 2.70. The maximum atomic E-state index is 10.8.